The van der Waals surface area contributed by atoms with Crippen LogP contribution in [0.2, 0.25) is 0 Å². The number of hydrogen-bond donors (Lipinski definition) is 0. The second kappa shape index (κ2) is 14.7. The molecule has 0 radical (unpaired) electrons. The van der Waals surface area contributed by atoms with E-state index in [0.29, 0.717) is 0 Å². The van der Waals surface area contributed by atoms with Crippen LogP contribution < -0.4 is 0 Å². The van der Waals surface area contributed by atoms with Crippen molar-refractivity contribution in [3.63, 3.8) is 0 Å². The van der Waals surface area contributed by atoms with Gasteiger partial charge in [-0.2, -0.15) is 0 Å². The lowest BCUT2D eigenvalue weighted by molar-refractivity contribution is 0.589. The molecular formula is C69H64N2. The highest BCUT2D eigenvalue weighted by atomic mass is 15.0. The molecule has 2 aromatic heterocycles. The van der Waals surface area contributed by atoms with Crippen LogP contribution in [0.15, 0.2) is 164 Å². The minimum Gasteiger partial charge on any atom is -0.309 e. The third-order valence-electron chi connectivity index (χ3n) is 16.3. The van der Waals surface area contributed by atoms with Crippen LogP contribution in [0.3, 0.4) is 0 Å². The maximum Gasteiger partial charge on any atom is 0.0561 e. The van der Waals surface area contributed by atoms with Gasteiger partial charge in [0.25, 0.3) is 0 Å². The van der Waals surface area contributed by atoms with Crippen LogP contribution in [0.25, 0.3) is 98.4 Å². The monoisotopic (exact) mass is 921 g/mol. The number of hydrogen-bond acceptors (Lipinski definition) is 0. The second-order valence-corrected chi connectivity index (χ2v) is 25.1. The molecule has 0 aliphatic heterocycles. The summed E-state index contributed by atoms with van der Waals surface area (Å²) in [6.45, 7) is 27.9. The van der Waals surface area contributed by atoms with Crippen molar-refractivity contribution in [2.75, 3.05) is 0 Å². The number of benzene rings is 10. The topological polar surface area (TPSA) is 9.86 Å². The Bertz CT molecular complexity index is 4000. The third kappa shape index (κ3) is 6.66. The largest absolute Gasteiger partial charge is 0.309 e. The Morgan fingerprint density at radius 3 is 1.24 bits per heavy atom. The molecule has 0 saturated heterocycles. The molecule has 0 atom stereocenters. The lowest BCUT2D eigenvalue weighted by atomic mass is 9.83. The zero-order chi connectivity index (χ0) is 49.3. The summed E-state index contributed by atoms with van der Waals surface area (Å²) in [4.78, 5) is 0. The predicted molar refractivity (Wildman–Crippen MR) is 306 cm³/mol. The molecule has 12 aromatic rings. The van der Waals surface area contributed by atoms with E-state index >= 15 is 0 Å². The number of aromatic nitrogens is 2. The summed E-state index contributed by atoms with van der Waals surface area (Å²) >= 11 is 0. The van der Waals surface area contributed by atoms with E-state index in [1.807, 2.05) is 0 Å². The van der Waals surface area contributed by atoms with Crippen LogP contribution in [0.4, 0.5) is 0 Å². The van der Waals surface area contributed by atoms with Gasteiger partial charge in [0.2, 0.25) is 0 Å². The van der Waals surface area contributed by atoms with Gasteiger partial charge in [-0.15, -0.1) is 0 Å². The Balaban J connectivity index is 1.09. The first-order valence-electron chi connectivity index (χ1n) is 25.9. The SMILES string of the molecule is CC(C)(C)c1ccc2c(c1)-c1cc(C(C)(C)C)ccc1C2c1ccc2c3ccc(-n4c5ccc(C(C)(C)C)cc5c5cc(C(C)(C)C)ccc54)cc3n(-c3cc4ccc5cccc6ccc(c3)c4c56)c2c1. The van der Waals surface area contributed by atoms with Gasteiger partial charge in [-0.1, -0.05) is 192 Å². The van der Waals surface area contributed by atoms with E-state index in [-0.39, 0.29) is 27.6 Å². The summed E-state index contributed by atoms with van der Waals surface area (Å²) in [5.74, 6) is 0.105. The highest BCUT2D eigenvalue weighted by Gasteiger charge is 2.33. The number of rotatable bonds is 3. The summed E-state index contributed by atoms with van der Waals surface area (Å²) in [7, 11) is 0. The summed E-state index contributed by atoms with van der Waals surface area (Å²) < 4.78 is 5.10. The van der Waals surface area contributed by atoms with Gasteiger partial charge in [0, 0.05) is 38.8 Å². The van der Waals surface area contributed by atoms with Gasteiger partial charge in [0.1, 0.15) is 0 Å². The van der Waals surface area contributed by atoms with Gasteiger partial charge in [0.15, 0.2) is 0 Å². The Kier molecular flexibility index (Phi) is 9.08. The van der Waals surface area contributed by atoms with Crippen LogP contribution >= 0.6 is 0 Å². The highest BCUT2D eigenvalue weighted by molar-refractivity contribution is 6.24. The molecular weight excluding hydrogens is 857 g/mol. The molecule has 0 fully saturated rings. The molecule has 2 heteroatoms. The quantitative estimate of drug-likeness (QED) is 0.156. The molecule has 0 bridgehead atoms. The molecule has 0 unspecified atom stereocenters. The molecule has 1 aliphatic rings. The number of fused-ring (bicyclic) bond motifs is 9. The molecule has 0 saturated carbocycles. The first-order valence-corrected chi connectivity index (χ1v) is 25.9. The molecule has 13 rings (SSSR count). The normalized spacial score (nSPS) is 13.9. The Morgan fingerprint density at radius 1 is 0.310 bits per heavy atom. The van der Waals surface area contributed by atoms with E-state index in [1.165, 1.54) is 132 Å². The fraction of sp³-hybridized carbons (Fsp3) is 0.246. The van der Waals surface area contributed by atoms with Crippen molar-refractivity contribution < 1.29 is 0 Å². The van der Waals surface area contributed by atoms with E-state index in [9.17, 15) is 0 Å². The molecule has 350 valence electrons. The molecule has 0 spiro atoms. The summed E-state index contributed by atoms with van der Waals surface area (Å²) in [6.07, 6.45) is 0. The van der Waals surface area contributed by atoms with E-state index in [2.05, 4.69) is 256 Å². The second-order valence-electron chi connectivity index (χ2n) is 25.1. The van der Waals surface area contributed by atoms with Crippen molar-refractivity contribution in [2.24, 2.45) is 0 Å². The first-order chi connectivity index (χ1) is 33.7. The summed E-state index contributed by atoms with van der Waals surface area (Å²) in [6, 6.07) is 64.4. The molecule has 0 N–H and O–H groups in total. The third-order valence-corrected chi connectivity index (χ3v) is 16.3. The maximum atomic E-state index is 2.58. The molecule has 2 heterocycles. The van der Waals surface area contributed by atoms with Gasteiger partial charge in [-0.25, -0.2) is 0 Å². The smallest absolute Gasteiger partial charge is 0.0561 e. The zero-order valence-electron chi connectivity index (χ0n) is 43.6. The lowest BCUT2D eigenvalue weighted by Gasteiger charge is -2.21. The van der Waals surface area contributed by atoms with Crippen LogP contribution in [0.1, 0.15) is 128 Å². The van der Waals surface area contributed by atoms with Crippen LogP contribution in [0.5, 0.6) is 0 Å². The first kappa shape index (κ1) is 43.8. The highest BCUT2D eigenvalue weighted by Crippen LogP contribution is 2.51. The predicted octanol–water partition coefficient (Wildman–Crippen LogP) is 19.1. The Morgan fingerprint density at radius 2 is 0.732 bits per heavy atom. The summed E-state index contributed by atoms with van der Waals surface area (Å²) in [5, 5.41) is 12.9. The van der Waals surface area contributed by atoms with Crippen molar-refractivity contribution in [1.82, 2.24) is 9.13 Å². The zero-order valence-corrected chi connectivity index (χ0v) is 43.6. The van der Waals surface area contributed by atoms with Crippen LogP contribution in [0, 0.1) is 0 Å². The van der Waals surface area contributed by atoms with Gasteiger partial charge in [0.05, 0.1) is 22.1 Å². The fourth-order valence-electron chi connectivity index (χ4n) is 12.3. The van der Waals surface area contributed by atoms with Crippen molar-refractivity contribution >= 4 is 75.9 Å². The van der Waals surface area contributed by atoms with Crippen molar-refractivity contribution in [3.05, 3.63) is 203 Å². The Hall–Kier alpha value is -7.16. The van der Waals surface area contributed by atoms with Crippen molar-refractivity contribution in [3.8, 4) is 22.5 Å². The van der Waals surface area contributed by atoms with E-state index < -0.39 is 0 Å². The molecule has 0 amide bonds. The standard InChI is InChI=1S/C69H64N2/c1-66(2,3)45-21-27-53-55(35-45)56-36-46(67(4,5)6)22-28-54(56)65(53)44-20-26-51-52-29-25-49(70-59-30-23-47(68(7,8)9)37-57(59)58-38-48(69(10,11)12)24-31-60(58)70)39-62(52)71(61(51)34-44)50-32-42-18-16-40-14-13-15-41-17-19-43(33-50)64(42)63(40)41/h13-39,65H,1-12H3. The van der Waals surface area contributed by atoms with Crippen molar-refractivity contribution in [1.29, 1.82) is 0 Å². The Labute approximate surface area is 418 Å². The van der Waals surface area contributed by atoms with Gasteiger partial charge < -0.3 is 9.13 Å². The fourth-order valence-corrected chi connectivity index (χ4v) is 12.3. The molecule has 10 aromatic carbocycles. The van der Waals surface area contributed by atoms with Crippen molar-refractivity contribution in [2.45, 2.75) is 111 Å². The minimum atomic E-state index is 0.0264. The molecule has 2 nitrogen and oxygen atoms in total. The van der Waals surface area contributed by atoms with Gasteiger partial charge in [-0.3, -0.25) is 0 Å². The van der Waals surface area contributed by atoms with Crippen LogP contribution in [-0.2, 0) is 21.7 Å². The van der Waals surface area contributed by atoms with E-state index in [0.717, 1.165) is 5.69 Å². The van der Waals surface area contributed by atoms with E-state index in [4.69, 9.17) is 0 Å². The van der Waals surface area contributed by atoms with Gasteiger partial charge in [-0.05, 0) is 159 Å². The molecule has 1 aliphatic carbocycles. The minimum absolute atomic E-state index is 0.0264. The summed E-state index contributed by atoms with van der Waals surface area (Å²) in [5.41, 5.74) is 19.6. The number of nitrogens with zero attached hydrogens (tertiary/aromatic N) is 2. The van der Waals surface area contributed by atoms with E-state index in [1.54, 1.807) is 0 Å². The average molecular weight is 921 g/mol. The lowest BCUT2D eigenvalue weighted by Crippen LogP contribution is -2.11. The molecule has 71 heavy (non-hydrogen) atoms. The van der Waals surface area contributed by atoms with Gasteiger partial charge >= 0.3 is 0 Å². The maximum absolute atomic E-state index is 2.58. The van der Waals surface area contributed by atoms with Crippen LogP contribution in [-0.4, -0.2) is 9.13 Å². The average Bonchev–Trinajstić information content (AvgIpc) is 3.96.